The molecule has 30 heavy (non-hydrogen) atoms. The number of rotatable bonds is 7. The van der Waals surface area contributed by atoms with Gasteiger partial charge in [-0.05, 0) is 48.6 Å². The fourth-order valence-electron chi connectivity index (χ4n) is 3.67. The van der Waals surface area contributed by atoms with Gasteiger partial charge in [-0.25, -0.2) is 0 Å². The molecule has 1 atom stereocenters. The van der Waals surface area contributed by atoms with E-state index in [1.165, 1.54) is 12.1 Å². The van der Waals surface area contributed by atoms with E-state index < -0.39 is 18.3 Å². The average molecular weight is 462 g/mol. The topological polar surface area (TPSA) is 41.5 Å². The van der Waals surface area contributed by atoms with E-state index in [0.29, 0.717) is 16.5 Å². The molecule has 164 valence electrons. The van der Waals surface area contributed by atoms with Crippen molar-refractivity contribution in [2.24, 2.45) is 5.92 Å². The van der Waals surface area contributed by atoms with Crippen molar-refractivity contribution >= 4 is 23.2 Å². The molecule has 0 amide bonds. The first kappa shape index (κ1) is 23.2. The molecule has 0 radical (unpaired) electrons. The monoisotopic (exact) mass is 461 g/mol. The molecule has 1 saturated carbocycles. The van der Waals surface area contributed by atoms with Crippen molar-refractivity contribution in [1.29, 1.82) is 0 Å². The minimum Gasteiger partial charge on any atom is -0.456 e. The molecule has 0 spiro atoms. The predicted octanol–water partition coefficient (Wildman–Crippen LogP) is 6.75. The lowest BCUT2D eigenvalue weighted by Crippen LogP contribution is -2.59. The second kappa shape index (κ2) is 9.77. The quantitative estimate of drug-likeness (QED) is 0.448. The van der Waals surface area contributed by atoms with Gasteiger partial charge in [-0.15, -0.1) is 0 Å². The van der Waals surface area contributed by atoms with Gasteiger partial charge in [0.1, 0.15) is 16.5 Å². The molecular formula is C22H24Cl2F3NO2. The number of nitrogens with one attached hydrogen (secondary N) is 1. The Morgan fingerprint density at radius 3 is 2.43 bits per heavy atom. The Hall–Kier alpha value is -1.47. The van der Waals surface area contributed by atoms with Crippen LogP contribution in [-0.4, -0.2) is 23.6 Å². The van der Waals surface area contributed by atoms with Crippen molar-refractivity contribution < 1.29 is 23.0 Å². The molecule has 2 aromatic carbocycles. The Labute approximate surface area is 184 Å². The van der Waals surface area contributed by atoms with Crippen molar-refractivity contribution in [3.05, 3.63) is 58.1 Å². The third kappa shape index (κ3) is 5.82. The average Bonchev–Trinajstić information content (AvgIpc) is 2.70. The summed E-state index contributed by atoms with van der Waals surface area (Å²) < 4.78 is 46.8. The number of hydrogen-bond acceptors (Lipinski definition) is 3. The number of hydrogen-bond donors (Lipinski definition) is 2. The molecular weight excluding hydrogens is 438 g/mol. The minimum atomic E-state index is -4.82. The maximum atomic E-state index is 13.7. The van der Waals surface area contributed by atoms with E-state index in [1.807, 2.05) is 0 Å². The fraction of sp³-hybridized carbons (Fsp3) is 0.455. The van der Waals surface area contributed by atoms with E-state index in [4.69, 9.17) is 27.9 Å². The first-order valence-corrected chi connectivity index (χ1v) is 10.7. The van der Waals surface area contributed by atoms with Crippen LogP contribution in [-0.2, 0) is 6.42 Å². The molecule has 1 fully saturated rings. The lowest BCUT2D eigenvalue weighted by atomic mass is 9.88. The molecule has 3 rings (SSSR count). The van der Waals surface area contributed by atoms with Gasteiger partial charge >= 0.3 is 6.18 Å². The SMILES string of the molecule is OC(Cc1cccc(Oc2cccc(Cl)c2Cl)c1)(NCC1CCCCC1)C(F)(F)F. The second-order valence-corrected chi connectivity index (χ2v) is 8.51. The molecule has 1 aliphatic carbocycles. The van der Waals surface area contributed by atoms with E-state index in [2.05, 4.69) is 5.32 Å². The zero-order valence-corrected chi connectivity index (χ0v) is 17.8. The van der Waals surface area contributed by atoms with Crippen LogP contribution < -0.4 is 10.1 Å². The van der Waals surface area contributed by atoms with Gasteiger partial charge in [0.25, 0.3) is 0 Å². The Bertz CT molecular complexity index is 857. The molecule has 2 N–H and O–H groups in total. The molecule has 8 heteroatoms. The highest BCUT2D eigenvalue weighted by Crippen LogP contribution is 2.36. The fourth-order valence-corrected chi connectivity index (χ4v) is 4.00. The largest absolute Gasteiger partial charge is 0.456 e. The highest BCUT2D eigenvalue weighted by molar-refractivity contribution is 6.42. The molecule has 2 aromatic rings. The zero-order valence-electron chi connectivity index (χ0n) is 16.3. The van der Waals surface area contributed by atoms with Gasteiger partial charge in [-0.3, -0.25) is 5.32 Å². The lowest BCUT2D eigenvalue weighted by Gasteiger charge is -2.34. The van der Waals surface area contributed by atoms with Crippen molar-refractivity contribution in [1.82, 2.24) is 5.32 Å². The molecule has 3 nitrogen and oxygen atoms in total. The molecule has 1 aliphatic rings. The summed E-state index contributed by atoms with van der Waals surface area (Å²) in [6.45, 7) is 0.129. The van der Waals surface area contributed by atoms with E-state index in [0.717, 1.165) is 32.1 Å². The summed E-state index contributed by atoms with van der Waals surface area (Å²) in [5, 5.41) is 13.4. The normalized spacial score (nSPS) is 17.5. The summed E-state index contributed by atoms with van der Waals surface area (Å²) in [5.41, 5.74) is -2.74. The van der Waals surface area contributed by atoms with Gasteiger partial charge < -0.3 is 9.84 Å². The Morgan fingerprint density at radius 1 is 1.03 bits per heavy atom. The molecule has 0 saturated heterocycles. The van der Waals surface area contributed by atoms with E-state index in [9.17, 15) is 18.3 Å². The van der Waals surface area contributed by atoms with E-state index in [1.54, 1.807) is 30.3 Å². The highest BCUT2D eigenvalue weighted by atomic mass is 35.5. The molecule has 0 bridgehead atoms. The van der Waals surface area contributed by atoms with Crippen molar-refractivity contribution in [2.45, 2.75) is 50.4 Å². The van der Waals surface area contributed by atoms with Gasteiger partial charge in [0.2, 0.25) is 5.72 Å². The van der Waals surface area contributed by atoms with Gasteiger partial charge in [0.05, 0.1) is 5.02 Å². The highest BCUT2D eigenvalue weighted by Gasteiger charge is 2.53. The van der Waals surface area contributed by atoms with Gasteiger partial charge in [-0.2, -0.15) is 13.2 Å². The summed E-state index contributed by atoms with van der Waals surface area (Å²) in [7, 11) is 0. The summed E-state index contributed by atoms with van der Waals surface area (Å²) in [4.78, 5) is 0. The van der Waals surface area contributed by atoms with Gasteiger partial charge in [0, 0.05) is 13.0 Å². The van der Waals surface area contributed by atoms with Crippen LogP contribution in [0, 0.1) is 5.92 Å². The maximum absolute atomic E-state index is 13.7. The van der Waals surface area contributed by atoms with Crippen LogP contribution in [0.15, 0.2) is 42.5 Å². The lowest BCUT2D eigenvalue weighted by molar-refractivity contribution is -0.273. The van der Waals surface area contributed by atoms with E-state index in [-0.39, 0.29) is 23.0 Å². The molecule has 0 heterocycles. The smallest absolute Gasteiger partial charge is 0.431 e. The van der Waals surface area contributed by atoms with Crippen LogP contribution in [0.3, 0.4) is 0 Å². The summed E-state index contributed by atoms with van der Waals surface area (Å²) in [5.74, 6) is 0.739. The van der Waals surface area contributed by atoms with Gasteiger partial charge in [0.15, 0.2) is 0 Å². The summed E-state index contributed by atoms with van der Waals surface area (Å²) >= 11 is 12.1. The third-order valence-electron chi connectivity index (χ3n) is 5.38. The van der Waals surface area contributed by atoms with Crippen LogP contribution in [0.1, 0.15) is 37.7 Å². The van der Waals surface area contributed by atoms with Crippen molar-refractivity contribution in [2.75, 3.05) is 6.54 Å². The molecule has 0 aromatic heterocycles. The number of ether oxygens (including phenoxy) is 1. The van der Waals surface area contributed by atoms with Crippen molar-refractivity contribution in [3.63, 3.8) is 0 Å². The Kier molecular flexibility index (Phi) is 7.56. The third-order valence-corrected chi connectivity index (χ3v) is 6.18. The van der Waals surface area contributed by atoms with Gasteiger partial charge in [-0.1, -0.05) is 60.7 Å². The molecule has 0 aliphatic heterocycles. The number of aliphatic hydroxyl groups is 1. The maximum Gasteiger partial charge on any atom is 0.431 e. The standard InChI is InChI=1S/C22H24Cl2F3NO2/c23-18-10-5-11-19(20(18)24)30-17-9-4-8-16(12-17)13-21(29,22(25,26)27)28-14-15-6-2-1-3-7-15/h4-5,8-12,15,28-29H,1-3,6-7,13-14H2. The van der Waals surface area contributed by atoms with Crippen LogP contribution in [0.25, 0.3) is 0 Å². The van der Waals surface area contributed by atoms with Crippen LogP contribution in [0.5, 0.6) is 11.5 Å². The Balaban J connectivity index is 1.74. The molecule has 1 unspecified atom stereocenters. The number of alkyl halides is 3. The van der Waals surface area contributed by atoms with Crippen LogP contribution in [0.2, 0.25) is 10.0 Å². The summed E-state index contributed by atoms with van der Waals surface area (Å²) in [6.07, 6.45) is -0.554. The Morgan fingerprint density at radius 2 is 1.73 bits per heavy atom. The first-order valence-electron chi connectivity index (χ1n) is 9.93. The predicted molar refractivity (Wildman–Crippen MR) is 112 cm³/mol. The zero-order chi connectivity index (χ0) is 21.8. The summed E-state index contributed by atoms with van der Waals surface area (Å²) in [6, 6.07) is 11.0. The van der Waals surface area contributed by atoms with Crippen LogP contribution in [0.4, 0.5) is 13.2 Å². The van der Waals surface area contributed by atoms with Crippen LogP contribution >= 0.6 is 23.2 Å². The van der Waals surface area contributed by atoms with Crippen molar-refractivity contribution in [3.8, 4) is 11.5 Å². The second-order valence-electron chi connectivity index (χ2n) is 7.72. The minimum absolute atomic E-state index is 0.129. The number of benzene rings is 2. The number of halogens is 5. The first-order chi connectivity index (χ1) is 14.2. The van der Waals surface area contributed by atoms with E-state index >= 15 is 0 Å².